The Bertz CT molecular complexity index is 584. The fourth-order valence-electron chi connectivity index (χ4n) is 2.47. The Morgan fingerprint density at radius 3 is 2.57 bits per heavy atom. The Balaban J connectivity index is 1.93. The van der Waals surface area contributed by atoms with Gasteiger partial charge in [-0.2, -0.15) is 13.2 Å². The van der Waals surface area contributed by atoms with Crippen LogP contribution in [0.3, 0.4) is 0 Å². The highest BCUT2D eigenvalue weighted by Crippen LogP contribution is 2.27. The highest BCUT2D eigenvalue weighted by atomic mass is 19.4. The summed E-state index contributed by atoms with van der Waals surface area (Å²) in [5.41, 5.74) is -1.03. The second-order valence-electron chi connectivity index (χ2n) is 5.51. The minimum atomic E-state index is -4.55. The molecule has 1 aromatic heterocycles. The van der Waals surface area contributed by atoms with Crippen molar-refractivity contribution in [2.24, 2.45) is 0 Å². The zero-order valence-electron chi connectivity index (χ0n) is 12.7. The van der Waals surface area contributed by atoms with Gasteiger partial charge in [-0.25, -0.2) is 4.98 Å². The van der Waals surface area contributed by atoms with Gasteiger partial charge in [0.1, 0.15) is 11.7 Å². The molecule has 8 heteroatoms. The SMILES string of the molecule is C[C@H](NC(=O)Cc1cccc(C(F)(F)F)n1)C(=O)N1CCCC1. The molecule has 1 N–H and O–H groups in total. The Hall–Kier alpha value is -2.12. The average Bonchev–Trinajstić information content (AvgIpc) is 2.99. The van der Waals surface area contributed by atoms with Gasteiger partial charge in [-0.1, -0.05) is 6.07 Å². The topological polar surface area (TPSA) is 62.3 Å². The standard InChI is InChI=1S/C15H18F3N3O2/c1-10(14(23)21-7-2-3-8-21)19-13(22)9-11-5-4-6-12(20-11)15(16,17)18/h4-6,10H,2-3,7-9H2,1H3,(H,19,22)/t10-/m0/s1. The highest BCUT2D eigenvalue weighted by molar-refractivity contribution is 5.88. The van der Waals surface area contributed by atoms with Crippen LogP contribution < -0.4 is 5.32 Å². The van der Waals surface area contributed by atoms with E-state index in [2.05, 4.69) is 10.3 Å². The van der Waals surface area contributed by atoms with Crippen LogP contribution in [0, 0.1) is 0 Å². The van der Waals surface area contributed by atoms with Gasteiger partial charge < -0.3 is 10.2 Å². The van der Waals surface area contributed by atoms with E-state index in [4.69, 9.17) is 0 Å². The predicted octanol–water partition coefficient (Wildman–Crippen LogP) is 1.77. The summed E-state index contributed by atoms with van der Waals surface area (Å²) in [5.74, 6) is -0.704. The van der Waals surface area contributed by atoms with Crippen molar-refractivity contribution in [3.63, 3.8) is 0 Å². The van der Waals surface area contributed by atoms with Gasteiger partial charge in [0, 0.05) is 13.1 Å². The maximum atomic E-state index is 12.6. The van der Waals surface area contributed by atoms with Crippen molar-refractivity contribution in [1.82, 2.24) is 15.2 Å². The Labute approximate surface area is 131 Å². The number of rotatable bonds is 4. The summed E-state index contributed by atoms with van der Waals surface area (Å²) in [6.07, 6.45) is -2.96. The number of nitrogens with zero attached hydrogens (tertiary/aromatic N) is 2. The smallest absolute Gasteiger partial charge is 0.344 e. The van der Waals surface area contributed by atoms with Crippen LogP contribution in [0.25, 0.3) is 0 Å². The highest BCUT2D eigenvalue weighted by Gasteiger charge is 2.32. The molecule has 5 nitrogen and oxygen atoms in total. The third kappa shape index (κ3) is 4.67. The summed E-state index contributed by atoms with van der Waals surface area (Å²) >= 11 is 0. The minimum Gasteiger partial charge on any atom is -0.344 e. The third-order valence-corrected chi connectivity index (χ3v) is 3.60. The van der Waals surface area contributed by atoms with Crippen LogP contribution in [0.2, 0.25) is 0 Å². The number of hydrogen-bond acceptors (Lipinski definition) is 3. The van der Waals surface area contributed by atoms with Gasteiger partial charge in [0.25, 0.3) is 0 Å². The number of halogens is 3. The first-order valence-corrected chi connectivity index (χ1v) is 7.38. The maximum Gasteiger partial charge on any atom is 0.433 e. The lowest BCUT2D eigenvalue weighted by molar-refractivity contribution is -0.141. The summed E-state index contributed by atoms with van der Waals surface area (Å²) in [6, 6.07) is 2.70. The Morgan fingerprint density at radius 1 is 1.30 bits per heavy atom. The molecule has 1 aromatic rings. The number of amides is 2. The number of likely N-dealkylation sites (tertiary alicyclic amines) is 1. The normalized spacial score (nSPS) is 16.3. The number of carbonyl (C=O) groups excluding carboxylic acids is 2. The molecule has 1 aliphatic heterocycles. The van der Waals surface area contributed by atoms with E-state index in [-0.39, 0.29) is 18.0 Å². The van der Waals surface area contributed by atoms with Crippen molar-refractivity contribution in [2.45, 2.75) is 38.4 Å². The van der Waals surface area contributed by atoms with E-state index in [1.54, 1.807) is 11.8 Å². The monoisotopic (exact) mass is 329 g/mol. The van der Waals surface area contributed by atoms with E-state index >= 15 is 0 Å². The molecule has 2 amide bonds. The number of nitrogens with one attached hydrogen (secondary N) is 1. The second kappa shape index (κ2) is 6.97. The van der Waals surface area contributed by atoms with E-state index in [1.165, 1.54) is 12.1 Å². The molecular weight excluding hydrogens is 311 g/mol. The lowest BCUT2D eigenvalue weighted by Gasteiger charge is -2.21. The quantitative estimate of drug-likeness (QED) is 0.916. The van der Waals surface area contributed by atoms with Gasteiger partial charge in [-0.15, -0.1) is 0 Å². The lowest BCUT2D eigenvalue weighted by atomic mass is 10.2. The first kappa shape index (κ1) is 17.2. The van der Waals surface area contributed by atoms with Gasteiger partial charge in [0.05, 0.1) is 12.1 Å². The molecule has 2 rings (SSSR count). The molecule has 2 heterocycles. The first-order valence-electron chi connectivity index (χ1n) is 7.38. The summed E-state index contributed by atoms with van der Waals surface area (Å²) < 4.78 is 37.7. The number of pyridine rings is 1. The Morgan fingerprint density at radius 2 is 1.96 bits per heavy atom. The van der Waals surface area contributed by atoms with Crippen LogP contribution in [0.5, 0.6) is 0 Å². The molecule has 0 unspecified atom stereocenters. The summed E-state index contributed by atoms with van der Waals surface area (Å²) in [4.78, 5) is 29.1. The van der Waals surface area contributed by atoms with Crippen molar-refractivity contribution >= 4 is 11.8 Å². The fourth-order valence-corrected chi connectivity index (χ4v) is 2.47. The molecule has 0 spiro atoms. The maximum absolute atomic E-state index is 12.6. The molecule has 0 aromatic carbocycles. The van der Waals surface area contributed by atoms with Crippen molar-refractivity contribution in [2.75, 3.05) is 13.1 Å². The van der Waals surface area contributed by atoms with Crippen LogP contribution in [0.1, 0.15) is 31.2 Å². The first-order chi connectivity index (χ1) is 10.8. The molecular formula is C15H18F3N3O2. The fraction of sp³-hybridized carbons (Fsp3) is 0.533. The van der Waals surface area contributed by atoms with Crippen LogP contribution in [-0.2, 0) is 22.2 Å². The van der Waals surface area contributed by atoms with Gasteiger partial charge in [-0.05, 0) is 31.9 Å². The molecule has 0 saturated carbocycles. The third-order valence-electron chi connectivity index (χ3n) is 3.60. The number of aromatic nitrogens is 1. The lowest BCUT2D eigenvalue weighted by Crippen LogP contribution is -2.46. The zero-order valence-corrected chi connectivity index (χ0v) is 12.7. The molecule has 126 valence electrons. The predicted molar refractivity (Wildman–Crippen MR) is 76.4 cm³/mol. The van der Waals surface area contributed by atoms with E-state index in [0.29, 0.717) is 13.1 Å². The van der Waals surface area contributed by atoms with E-state index in [0.717, 1.165) is 18.9 Å². The van der Waals surface area contributed by atoms with Crippen molar-refractivity contribution in [3.8, 4) is 0 Å². The molecule has 0 radical (unpaired) electrons. The van der Waals surface area contributed by atoms with Gasteiger partial charge in [0.15, 0.2) is 0 Å². The Kier molecular flexibility index (Phi) is 5.23. The largest absolute Gasteiger partial charge is 0.433 e. The molecule has 1 aliphatic rings. The van der Waals surface area contributed by atoms with Crippen molar-refractivity contribution in [1.29, 1.82) is 0 Å². The summed E-state index contributed by atoms with van der Waals surface area (Å²) in [6.45, 7) is 2.92. The number of hydrogen-bond donors (Lipinski definition) is 1. The molecule has 1 saturated heterocycles. The zero-order chi connectivity index (χ0) is 17.0. The van der Waals surface area contributed by atoms with Gasteiger partial charge >= 0.3 is 6.18 Å². The van der Waals surface area contributed by atoms with Crippen LogP contribution in [0.15, 0.2) is 18.2 Å². The van der Waals surface area contributed by atoms with Crippen LogP contribution >= 0.6 is 0 Å². The molecule has 1 atom stereocenters. The molecule has 0 bridgehead atoms. The number of alkyl halides is 3. The van der Waals surface area contributed by atoms with Gasteiger partial charge in [0.2, 0.25) is 11.8 Å². The second-order valence-corrected chi connectivity index (χ2v) is 5.51. The van der Waals surface area contributed by atoms with Crippen molar-refractivity contribution < 1.29 is 22.8 Å². The summed E-state index contributed by atoms with van der Waals surface area (Å²) in [7, 11) is 0. The molecule has 0 aliphatic carbocycles. The van der Waals surface area contributed by atoms with E-state index in [9.17, 15) is 22.8 Å². The number of carbonyl (C=O) groups is 2. The summed E-state index contributed by atoms with van der Waals surface area (Å²) in [5, 5.41) is 2.51. The van der Waals surface area contributed by atoms with Crippen molar-refractivity contribution in [3.05, 3.63) is 29.6 Å². The minimum absolute atomic E-state index is 0.0122. The van der Waals surface area contributed by atoms with E-state index < -0.39 is 23.8 Å². The molecule has 1 fully saturated rings. The van der Waals surface area contributed by atoms with Crippen LogP contribution in [-0.4, -0.2) is 40.8 Å². The van der Waals surface area contributed by atoms with Crippen LogP contribution in [0.4, 0.5) is 13.2 Å². The molecule has 23 heavy (non-hydrogen) atoms. The van der Waals surface area contributed by atoms with Gasteiger partial charge in [-0.3, -0.25) is 9.59 Å². The average molecular weight is 329 g/mol. The van der Waals surface area contributed by atoms with E-state index in [1.807, 2.05) is 0 Å².